The second-order valence-electron chi connectivity index (χ2n) is 3.71. The first-order valence-electron chi connectivity index (χ1n) is 5.26. The zero-order chi connectivity index (χ0) is 12.3. The molecular formula is C13H13N3O. The van der Waals surface area contributed by atoms with Crippen LogP contribution in [-0.2, 0) is 0 Å². The molecule has 0 saturated heterocycles. The number of anilines is 2. The van der Waals surface area contributed by atoms with Gasteiger partial charge < -0.3 is 11.1 Å². The van der Waals surface area contributed by atoms with Crippen LogP contribution < -0.4 is 11.1 Å². The van der Waals surface area contributed by atoms with Gasteiger partial charge in [0.2, 0.25) is 0 Å². The van der Waals surface area contributed by atoms with Gasteiger partial charge in [-0.05, 0) is 31.2 Å². The smallest absolute Gasteiger partial charge is 0.256 e. The Hall–Kier alpha value is -2.36. The Kier molecular flexibility index (Phi) is 3.05. The molecule has 3 N–H and O–H groups in total. The number of aryl methyl sites for hydroxylation is 1. The molecule has 4 nitrogen and oxygen atoms in total. The van der Waals surface area contributed by atoms with Crippen LogP contribution in [0, 0.1) is 6.92 Å². The second-order valence-corrected chi connectivity index (χ2v) is 3.71. The van der Waals surface area contributed by atoms with Crippen LogP contribution >= 0.6 is 0 Å². The van der Waals surface area contributed by atoms with Gasteiger partial charge in [0.25, 0.3) is 5.91 Å². The number of amides is 1. The molecule has 86 valence electrons. The molecule has 0 bridgehead atoms. The van der Waals surface area contributed by atoms with Crippen LogP contribution in [-0.4, -0.2) is 10.9 Å². The molecule has 0 atom stereocenters. The highest BCUT2D eigenvalue weighted by atomic mass is 16.1. The highest BCUT2D eigenvalue weighted by molar-refractivity contribution is 6.04. The predicted molar refractivity (Wildman–Crippen MR) is 67.8 cm³/mol. The van der Waals surface area contributed by atoms with E-state index in [0.717, 1.165) is 5.69 Å². The third-order valence-electron chi connectivity index (χ3n) is 2.33. The fourth-order valence-corrected chi connectivity index (χ4v) is 1.44. The molecule has 0 radical (unpaired) electrons. The van der Waals surface area contributed by atoms with Crippen LogP contribution in [0.1, 0.15) is 16.1 Å². The maximum atomic E-state index is 11.9. The largest absolute Gasteiger partial charge is 0.396 e. The minimum atomic E-state index is -0.213. The van der Waals surface area contributed by atoms with Crippen molar-refractivity contribution in [1.82, 2.24) is 4.98 Å². The summed E-state index contributed by atoms with van der Waals surface area (Å²) in [6.07, 6.45) is 0. The maximum Gasteiger partial charge on any atom is 0.256 e. The van der Waals surface area contributed by atoms with Crippen molar-refractivity contribution in [3.63, 3.8) is 0 Å². The molecule has 0 unspecified atom stereocenters. The van der Waals surface area contributed by atoms with E-state index in [0.29, 0.717) is 17.1 Å². The van der Waals surface area contributed by atoms with Gasteiger partial charge in [0, 0.05) is 11.3 Å². The van der Waals surface area contributed by atoms with E-state index in [1.54, 1.807) is 24.3 Å². The Balaban J connectivity index is 2.22. The number of nitrogen functional groups attached to an aromatic ring is 1. The van der Waals surface area contributed by atoms with Crippen molar-refractivity contribution in [3.05, 3.63) is 53.7 Å². The number of nitrogens with zero attached hydrogens (tertiary/aromatic N) is 1. The quantitative estimate of drug-likeness (QED) is 0.826. The van der Waals surface area contributed by atoms with E-state index < -0.39 is 0 Å². The Bertz CT molecular complexity index is 538. The fraction of sp³-hybridized carbons (Fsp3) is 0.0769. The summed E-state index contributed by atoms with van der Waals surface area (Å²) in [6.45, 7) is 1.84. The minimum Gasteiger partial charge on any atom is -0.396 e. The number of pyridine rings is 1. The maximum absolute atomic E-state index is 11.9. The highest BCUT2D eigenvalue weighted by Crippen LogP contribution is 2.16. The van der Waals surface area contributed by atoms with E-state index in [1.807, 2.05) is 25.1 Å². The molecule has 4 heteroatoms. The molecule has 0 aliphatic rings. The van der Waals surface area contributed by atoms with Gasteiger partial charge in [0.05, 0.1) is 5.69 Å². The molecule has 2 rings (SSSR count). The molecule has 0 spiro atoms. The number of rotatable bonds is 2. The van der Waals surface area contributed by atoms with Crippen molar-refractivity contribution >= 4 is 17.4 Å². The van der Waals surface area contributed by atoms with Gasteiger partial charge >= 0.3 is 0 Å². The van der Waals surface area contributed by atoms with E-state index in [-0.39, 0.29) is 5.91 Å². The minimum absolute atomic E-state index is 0.213. The summed E-state index contributed by atoms with van der Waals surface area (Å²) in [5, 5.41) is 2.69. The SMILES string of the molecule is Cc1ccc(N)c(NC(=O)c2ccccc2)n1. The topological polar surface area (TPSA) is 68.0 Å². The molecule has 17 heavy (non-hydrogen) atoms. The first kappa shape index (κ1) is 11.1. The summed E-state index contributed by atoms with van der Waals surface area (Å²) in [4.78, 5) is 16.1. The van der Waals surface area contributed by atoms with E-state index in [1.165, 1.54) is 0 Å². The molecule has 2 aromatic rings. The molecule has 0 fully saturated rings. The van der Waals surface area contributed by atoms with Crippen LogP contribution in [0.5, 0.6) is 0 Å². The molecule has 0 saturated carbocycles. The van der Waals surface area contributed by atoms with Gasteiger partial charge in [0.1, 0.15) is 0 Å². The van der Waals surface area contributed by atoms with Gasteiger partial charge in [-0.3, -0.25) is 4.79 Å². The van der Waals surface area contributed by atoms with Crippen LogP contribution in [0.2, 0.25) is 0 Å². The standard InChI is InChI=1S/C13H13N3O/c1-9-7-8-11(14)12(15-9)16-13(17)10-5-3-2-4-6-10/h2-8H,14H2,1H3,(H,15,16,17). The van der Waals surface area contributed by atoms with Gasteiger partial charge in [-0.2, -0.15) is 0 Å². The Morgan fingerprint density at radius 3 is 2.59 bits per heavy atom. The summed E-state index contributed by atoms with van der Waals surface area (Å²) < 4.78 is 0. The lowest BCUT2D eigenvalue weighted by molar-refractivity contribution is 0.102. The Morgan fingerprint density at radius 2 is 1.88 bits per heavy atom. The summed E-state index contributed by atoms with van der Waals surface area (Å²) >= 11 is 0. The lowest BCUT2D eigenvalue weighted by Gasteiger charge is -2.07. The summed E-state index contributed by atoms with van der Waals surface area (Å²) in [7, 11) is 0. The van der Waals surface area contributed by atoms with E-state index in [9.17, 15) is 4.79 Å². The molecule has 0 aliphatic heterocycles. The summed E-state index contributed by atoms with van der Waals surface area (Å²) in [5.74, 6) is 0.189. The number of aromatic nitrogens is 1. The first-order chi connectivity index (χ1) is 8.16. The monoisotopic (exact) mass is 227 g/mol. The van der Waals surface area contributed by atoms with Gasteiger partial charge in [-0.25, -0.2) is 4.98 Å². The lowest BCUT2D eigenvalue weighted by Crippen LogP contribution is -2.14. The highest BCUT2D eigenvalue weighted by Gasteiger charge is 2.08. The summed E-state index contributed by atoms with van der Waals surface area (Å²) in [5.41, 5.74) is 7.58. The van der Waals surface area contributed by atoms with E-state index in [2.05, 4.69) is 10.3 Å². The zero-order valence-electron chi connectivity index (χ0n) is 9.47. The number of hydrogen-bond donors (Lipinski definition) is 2. The molecule has 0 aliphatic carbocycles. The zero-order valence-corrected chi connectivity index (χ0v) is 9.47. The molecule has 1 aromatic heterocycles. The molecule has 1 aromatic carbocycles. The van der Waals surface area contributed by atoms with Gasteiger partial charge in [-0.1, -0.05) is 18.2 Å². The van der Waals surface area contributed by atoms with Gasteiger partial charge in [-0.15, -0.1) is 0 Å². The van der Waals surface area contributed by atoms with Gasteiger partial charge in [0.15, 0.2) is 5.82 Å². The molecule has 1 amide bonds. The van der Waals surface area contributed by atoms with E-state index in [4.69, 9.17) is 5.73 Å². The van der Waals surface area contributed by atoms with Crippen molar-refractivity contribution < 1.29 is 4.79 Å². The first-order valence-corrected chi connectivity index (χ1v) is 5.26. The normalized spacial score (nSPS) is 9.94. The fourth-order valence-electron chi connectivity index (χ4n) is 1.44. The van der Waals surface area contributed by atoms with Crippen LogP contribution in [0.15, 0.2) is 42.5 Å². The molecular weight excluding hydrogens is 214 g/mol. The van der Waals surface area contributed by atoms with E-state index >= 15 is 0 Å². The van der Waals surface area contributed by atoms with Crippen LogP contribution in [0.25, 0.3) is 0 Å². The second kappa shape index (κ2) is 4.65. The number of nitrogens with one attached hydrogen (secondary N) is 1. The van der Waals surface area contributed by atoms with Crippen LogP contribution in [0.3, 0.4) is 0 Å². The molecule has 1 heterocycles. The van der Waals surface area contributed by atoms with Crippen molar-refractivity contribution in [2.45, 2.75) is 6.92 Å². The van der Waals surface area contributed by atoms with Crippen molar-refractivity contribution in [2.75, 3.05) is 11.1 Å². The Labute approximate surface area is 99.5 Å². The third-order valence-corrected chi connectivity index (χ3v) is 2.33. The number of carbonyl (C=O) groups excluding carboxylic acids is 1. The third kappa shape index (κ3) is 2.60. The summed E-state index contributed by atoms with van der Waals surface area (Å²) in [6, 6.07) is 12.5. The van der Waals surface area contributed by atoms with Crippen molar-refractivity contribution in [1.29, 1.82) is 0 Å². The number of nitrogens with two attached hydrogens (primary N) is 1. The lowest BCUT2D eigenvalue weighted by atomic mass is 10.2. The van der Waals surface area contributed by atoms with Crippen molar-refractivity contribution in [2.24, 2.45) is 0 Å². The Morgan fingerprint density at radius 1 is 1.18 bits per heavy atom. The predicted octanol–water partition coefficient (Wildman–Crippen LogP) is 2.22. The number of benzene rings is 1. The number of carbonyl (C=O) groups is 1. The average Bonchev–Trinajstić information content (AvgIpc) is 2.35. The average molecular weight is 227 g/mol. The number of hydrogen-bond acceptors (Lipinski definition) is 3. The van der Waals surface area contributed by atoms with Crippen LogP contribution in [0.4, 0.5) is 11.5 Å². The van der Waals surface area contributed by atoms with Crippen molar-refractivity contribution in [3.8, 4) is 0 Å².